The predicted molar refractivity (Wildman–Crippen MR) is 64.4 cm³/mol. The quantitative estimate of drug-likeness (QED) is 0.775. The van der Waals surface area contributed by atoms with Gasteiger partial charge in [-0.15, -0.1) is 0 Å². The van der Waals surface area contributed by atoms with Gasteiger partial charge < -0.3 is 5.11 Å². The zero-order valence-corrected chi connectivity index (χ0v) is 10.0. The molecule has 16 heavy (non-hydrogen) atoms. The first-order valence-electron chi connectivity index (χ1n) is 5.24. The van der Waals surface area contributed by atoms with Crippen molar-refractivity contribution in [3.63, 3.8) is 0 Å². The molecule has 0 bridgehead atoms. The first-order chi connectivity index (χ1) is 7.65. The van der Waals surface area contributed by atoms with Crippen molar-refractivity contribution < 1.29 is 14.3 Å². The molecule has 1 rings (SSSR count). The third-order valence-corrected chi connectivity index (χ3v) is 3.29. The van der Waals surface area contributed by atoms with Crippen LogP contribution in [0.5, 0.6) is 0 Å². The standard InChI is InChI=1S/C12H15FO2S/c1-2-3-6-16-8-9-4-5-10(13)7-11(9)12(14)15/h4-5,7H,2-3,6,8H2,1H3,(H,14,15). The van der Waals surface area contributed by atoms with Crippen molar-refractivity contribution in [2.24, 2.45) is 0 Å². The predicted octanol–water partition coefficient (Wildman–Crippen LogP) is 3.56. The van der Waals surface area contributed by atoms with Crippen LogP contribution in [0, 0.1) is 5.82 Å². The van der Waals surface area contributed by atoms with Crippen molar-refractivity contribution in [1.82, 2.24) is 0 Å². The molecule has 0 unspecified atom stereocenters. The zero-order chi connectivity index (χ0) is 12.0. The third kappa shape index (κ3) is 3.85. The van der Waals surface area contributed by atoms with Crippen LogP contribution in [0.3, 0.4) is 0 Å². The number of benzene rings is 1. The van der Waals surface area contributed by atoms with Crippen LogP contribution in [-0.4, -0.2) is 16.8 Å². The second-order valence-corrected chi connectivity index (χ2v) is 4.62. The Hall–Kier alpha value is -1.03. The molecule has 1 aromatic rings. The van der Waals surface area contributed by atoms with Crippen molar-refractivity contribution in [1.29, 1.82) is 0 Å². The molecule has 4 heteroatoms. The SMILES string of the molecule is CCCCSCc1ccc(F)cc1C(=O)O. The molecule has 1 aromatic carbocycles. The van der Waals surface area contributed by atoms with E-state index >= 15 is 0 Å². The highest BCUT2D eigenvalue weighted by Gasteiger charge is 2.10. The minimum Gasteiger partial charge on any atom is -0.478 e. The number of carboxylic acids is 1. The van der Waals surface area contributed by atoms with E-state index in [4.69, 9.17) is 5.11 Å². The minimum absolute atomic E-state index is 0.0731. The molecule has 0 aliphatic rings. The summed E-state index contributed by atoms with van der Waals surface area (Å²) in [4.78, 5) is 10.9. The molecule has 2 nitrogen and oxygen atoms in total. The van der Waals surface area contributed by atoms with Gasteiger partial charge in [-0.2, -0.15) is 11.8 Å². The molecular formula is C12H15FO2S. The van der Waals surface area contributed by atoms with Crippen molar-refractivity contribution in [3.05, 3.63) is 35.1 Å². The molecule has 88 valence electrons. The number of hydrogen-bond donors (Lipinski definition) is 1. The number of aromatic carboxylic acids is 1. The van der Waals surface area contributed by atoms with Crippen LogP contribution in [0.2, 0.25) is 0 Å². The topological polar surface area (TPSA) is 37.3 Å². The fourth-order valence-corrected chi connectivity index (χ4v) is 2.41. The summed E-state index contributed by atoms with van der Waals surface area (Å²) in [5, 5.41) is 8.92. The maximum atomic E-state index is 12.9. The van der Waals surface area contributed by atoms with Gasteiger partial charge in [0.25, 0.3) is 0 Å². The maximum absolute atomic E-state index is 12.9. The number of unbranched alkanes of at least 4 members (excludes halogenated alkanes) is 1. The summed E-state index contributed by atoms with van der Waals surface area (Å²) in [5.41, 5.74) is 0.763. The van der Waals surface area contributed by atoms with E-state index in [2.05, 4.69) is 6.92 Å². The van der Waals surface area contributed by atoms with Gasteiger partial charge in [-0.1, -0.05) is 19.4 Å². The van der Waals surface area contributed by atoms with Crippen LogP contribution < -0.4 is 0 Å². The molecule has 0 spiro atoms. The summed E-state index contributed by atoms with van der Waals surface area (Å²) >= 11 is 1.68. The molecular weight excluding hydrogens is 227 g/mol. The van der Waals surface area contributed by atoms with Crippen molar-refractivity contribution >= 4 is 17.7 Å². The second kappa shape index (κ2) is 6.53. The lowest BCUT2D eigenvalue weighted by atomic mass is 10.1. The summed E-state index contributed by atoms with van der Waals surface area (Å²) in [6.45, 7) is 2.11. The molecule has 0 radical (unpaired) electrons. The highest BCUT2D eigenvalue weighted by molar-refractivity contribution is 7.98. The third-order valence-electron chi connectivity index (χ3n) is 2.20. The van der Waals surface area contributed by atoms with Gasteiger partial charge in [-0.05, 0) is 29.9 Å². The fraction of sp³-hybridized carbons (Fsp3) is 0.417. The van der Waals surface area contributed by atoms with Crippen molar-refractivity contribution in [3.8, 4) is 0 Å². The molecule has 0 amide bonds. The summed E-state index contributed by atoms with van der Waals surface area (Å²) in [7, 11) is 0. The Bertz CT molecular complexity index is 366. The molecule has 0 aromatic heterocycles. The van der Waals surface area contributed by atoms with E-state index in [0.29, 0.717) is 11.3 Å². The molecule has 0 fully saturated rings. The first kappa shape index (κ1) is 13.0. The molecule has 0 aliphatic carbocycles. The zero-order valence-electron chi connectivity index (χ0n) is 9.20. The van der Waals surface area contributed by atoms with Crippen LogP contribution in [0.15, 0.2) is 18.2 Å². The molecule has 0 heterocycles. The summed E-state index contributed by atoms with van der Waals surface area (Å²) in [5.74, 6) is 0.0692. The number of carbonyl (C=O) groups is 1. The van der Waals surface area contributed by atoms with E-state index in [0.717, 1.165) is 24.7 Å². The second-order valence-electron chi connectivity index (χ2n) is 3.51. The molecule has 1 N–H and O–H groups in total. The van der Waals surface area contributed by atoms with Crippen LogP contribution in [0.25, 0.3) is 0 Å². The lowest BCUT2D eigenvalue weighted by Gasteiger charge is -2.05. The van der Waals surface area contributed by atoms with Crippen LogP contribution in [-0.2, 0) is 5.75 Å². The highest BCUT2D eigenvalue weighted by Crippen LogP contribution is 2.19. The number of halogens is 1. The average Bonchev–Trinajstić information content (AvgIpc) is 2.26. The van der Waals surface area contributed by atoms with Crippen LogP contribution in [0.4, 0.5) is 4.39 Å². The van der Waals surface area contributed by atoms with E-state index in [9.17, 15) is 9.18 Å². The lowest BCUT2D eigenvalue weighted by Crippen LogP contribution is -2.02. The number of rotatable bonds is 6. The summed E-state index contributed by atoms with van der Waals surface area (Å²) in [6, 6.07) is 3.94. The fourth-order valence-electron chi connectivity index (χ4n) is 1.30. The Morgan fingerprint density at radius 2 is 2.25 bits per heavy atom. The molecule has 0 saturated carbocycles. The molecule has 0 aliphatic heterocycles. The maximum Gasteiger partial charge on any atom is 0.336 e. The average molecular weight is 242 g/mol. The monoisotopic (exact) mass is 242 g/mol. The minimum atomic E-state index is -1.06. The number of thioether (sulfide) groups is 1. The lowest BCUT2D eigenvalue weighted by molar-refractivity contribution is 0.0695. The first-order valence-corrected chi connectivity index (χ1v) is 6.40. The van der Waals surface area contributed by atoms with E-state index in [1.165, 1.54) is 6.07 Å². The Labute approximate surface area is 98.9 Å². The molecule has 0 saturated heterocycles. The number of carboxylic acid groups (broad SMARTS) is 1. The van der Waals surface area contributed by atoms with E-state index in [-0.39, 0.29) is 5.56 Å². The van der Waals surface area contributed by atoms with Gasteiger partial charge in [0.1, 0.15) is 5.82 Å². The Morgan fingerprint density at radius 3 is 2.88 bits per heavy atom. The van der Waals surface area contributed by atoms with Gasteiger partial charge in [0.15, 0.2) is 0 Å². The normalized spacial score (nSPS) is 10.4. The van der Waals surface area contributed by atoms with Crippen molar-refractivity contribution in [2.45, 2.75) is 25.5 Å². The smallest absolute Gasteiger partial charge is 0.336 e. The van der Waals surface area contributed by atoms with Gasteiger partial charge in [0.05, 0.1) is 5.56 Å². The van der Waals surface area contributed by atoms with E-state index in [1.54, 1.807) is 17.8 Å². The van der Waals surface area contributed by atoms with Gasteiger partial charge >= 0.3 is 5.97 Å². The number of hydrogen-bond acceptors (Lipinski definition) is 2. The van der Waals surface area contributed by atoms with E-state index in [1.807, 2.05) is 0 Å². The van der Waals surface area contributed by atoms with Crippen LogP contribution >= 0.6 is 11.8 Å². The summed E-state index contributed by atoms with van der Waals surface area (Å²) in [6.07, 6.45) is 2.25. The van der Waals surface area contributed by atoms with Gasteiger partial charge in [0, 0.05) is 5.75 Å². The summed E-state index contributed by atoms with van der Waals surface area (Å²) < 4.78 is 12.9. The van der Waals surface area contributed by atoms with Gasteiger partial charge in [-0.25, -0.2) is 9.18 Å². The van der Waals surface area contributed by atoms with Crippen LogP contribution in [0.1, 0.15) is 35.7 Å². The van der Waals surface area contributed by atoms with E-state index < -0.39 is 11.8 Å². The van der Waals surface area contributed by atoms with Gasteiger partial charge in [-0.3, -0.25) is 0 Å². The largest absolute Gasteiger partial charge is 0.478 e. The highest BCUT2D eigenvalue weighted by atomic mass is 32.2. The molecule has 0 atom stereocenters. The Morgan fingerprint density at radius 1 is 1.50 bits per heavy atom. The Kier molecular flexibility index (Phi) is 5.32. The van der Waals surface area contributed by atoms with Crippen molar-refractivity contribution in [2.75, 3.05) is 5.75 Å². The van der Waals surface area contributed by atoms with Gasteiger partial charge in [0.2, 0.25) is 0 Å². The Balaban J connectivity index is 2.67.